The summed E-state index contributed by atoms with van der Waals surface area (Å²) in [5.74, 6) is 1.19. The third-order valence-electron chi connectivity index (χ3n) is 4.49. The van der Waals surface area contributed by atoms with Gasteiger partial charge in [0.05, 0.1) is 12.1 Å². The summed E-state index contributed by atoms with van der Waals surface area (Å²) in [5.41, 5.74) is 3.67. The summed E-state index contributed by atoms with van der Waals surface area (Å²) in [6, 6.07) is 4.30. The highest BCUT2D eigenvalue weighted by atomic mass is 79.9. The molecule has 3 nitrogen and oxygen atoms in total. The Morgan fingerprint density at radius 1 is 1.23 bits per heavy atom. The second kappa shape index (κ2) is 13.6. The zero-order valence-corrected chi connectivity index (χ0v) is 20.2. The second-order valence-electron chi connectivity index (χ2n) is 7.44. The highest BCUT2D eigenvalue weighted by Crippen LogP contribution is 2.37. The Kier molecular flexibility index (Phi) is 11.6. The highest BCUT2D eigenvalue weighted by molar-refractivity contribution is 9.11. The predicted octanol–water partition coefficient (Wildman–Crippen LogP) is 7.74. The molecule has 158 valence electrons. The van der Waals surface area contributed by atoms with Crippen molar-refractivity contribution in [3.8, 4) is 12.1 Å². The Hall–Kier alpha value is -2.56. The molecule has 1 rings (SSSR count). The van der Waals surface area contributed by atoms with Crippen LogP contribution in [-0.2, 0) is 4.74 Å². The van der Waals surface area contributed by atoms with Crippen LogP contribution >= 0.6 is 15.9 Å². The lowest BCUT2D eigenvalue weighted by molar-refractivity contribution is 0.153. The summed E-state index contributed by atoms with van der Waals surface area (Å²) in [7, 11) is 0. The van der Waals surface area contributed by atoms with Gasteiger partial charge in [-0.2, -0.15) is 10.5 Å². The van der Waals surface area contributed by atoms with Crippen LogP contribution in [0.25, 0.3) is 0 Å². The molecule has 0 spiro atoms. The van der Waals surface area contributed by atoms with Crippen LogP contribution in [0.2, 0.25) is 0 Å². The van der Waals surface area contributed by atoms with Crippen molar-refractivity contribution in [3.63, 3.8) is 0 Å². The van der Waals surface area contributed by atoms with E-state index in [1.54, 1.807) is 12.2 Å². The van der Waals surface area contributed by atoms with Crippen molar-refractivity contribution in [2.45, 2.75) is 60.0 Å². The Morgan fingerprint density at radius 2 is 1.97 bits per heavy atom. The minimum atomic E-state index is -0.105. The largest absolute Gasteiger partial charge is 0.490 e. The van der Waals surface area contributed by atoms with E-state index in [4.69, 9.17) is 10.00 Å². The lowest BCUT2D eigenvalue weighted by Gasteiger charge is -2.25. The zero-order chi connectivity index (χ0) is 22.5. The number of halogens is 1. The maximum absolute atomic E-state index is 9.60. The standard InChI is InChI=1S/C26H31BrN2O/c1-6-10-20(5)30-25(17-19(3)4)26(21(7-2)12-9-15-28)24(14-16-29)22-11-8-13-23(27)18-22/h6-7,9-10,12-14,18-20H,8,11,17H2,1-5H3/b10-6-,12-9+,21-7-,24-14+,26-25-. The van der Waals surface area contributed by atoms with E-state index in [0.29, 0.717) is 5.92 Å². The predicted molar refractivity (Wildman–Crippen MR) is 128 cm³/mol. The average Bonchev–Trinajstić information content (AvgIpc) is 2.69. The third-order valence-corrected chi connectivity index (χ3v) is 5.04. The van der Waals surface area contributed by atoms with Gasteiger partial charge in [0.1, 0.15) is 11.9 Å². The fraction of sp³-hybridized carbons (Fsp3) is 0.385. The molecule has 0 fully saturated rings. The summed E-state index contributed by atoms with van der Waals surface area (Å²) >= 11 is 3.58. The van der Waals surface area contributed by atoms with Gasteiger partial charge in [0.15, 0.2) is 0 Å². The maximum Gasteiger partial charge on any atom is 0.114 e. The van der Waals surface area contributed by atoms with Gasteiger partial charge in [0, 0.05) is 28.6 Å². The van der Waals surface area contributed by atoms with Crippen molar-refractivity contribution in [1.82, 2.24) is 0 Å². The molecule has 0 aliphatic heterocycles. The van der Waals surface area contributed by atoms with Gasteiger partial charge in [-0.25, -0.2) is 0 Å². The van der Waals surface area contributed by atoms with E-state index >= 15 is 0 Å². The number of hydrogen-bond donors (Lipinski definition) is 0. The van der Waals surface area contributed by atoms with E-state index in [2.05, 4.69) is 54.1 Å². The quantitative estimate of drug-likeness (QED) is 0.151. The first-order valence-electron chi connectivity index (χ1n) is 10.3. The molecule has 0 saturated heterocycles. The van der Waals surface area contributed by atoms with Crippen molar-refractivity contribution < 1.29 is 4.74 Å². The van der Waals surface area contributed by atoms with Gasteiger partial charge in [0.25, 0.3) is 0 Å². The molecule has 0 heterocycles. The fourth-order valence-corrected chi connectivity index (χ4v) is 3.80. The molecule has 1 aliphatic carbocycles. The van der Waals surface area contributed by atoms with E-state index in [1.807, 2.05) is 39.0 Å². The Morgan fingerprint density at radius 3 is 2.50 bits per heavy atom. The molecule has 0 N–H and O–H groups in total. The SMILES string of the molecule is C/C=C\C(C)O/C(CC(C)C)=C(C(=C\C)/C=C/C#N)\C(=C\C#N)C1=CC(Br)=CCC1. The van der Waals surface area contributed by atoms with Crippen LogP contribution in [0.1, 0.15) is 53.9 Å². The van der Waals surface area contributed by atoms with Crippen molar-refractivity contribution in [2.75, 3.05) is 0 Å². The van der Waals surface area contributed by atoms with E-state index < -0.39 is 0 Å². The molecule has 1 unspecified atom stereocenters. The lowest BCUT2D eigenvalue weighted by atomic mass is 9.85. The van der Waals surface area contributed by atoms with E-state index in [0.717, 1.165) is 51.8 Å². The average molecular weight is 467 g/mol. The molecule has 4 heteroatoms. The molecular formula is C26H31BrN2O. The monoisotopic (exact) mass is 466 g/mol. The molecule has 0 bridgehead atoms. The van der Waals surface area contributed by atoms with E-state index in [9.17, 15) is 5.26 Å². The number of ether oxygens (including phenoxy) is 1. The fourth-order valence-electron chi connectivity index (χ4n) is 3.30. The van der Waals surface area contributed by atoms with Gasteiger partial charge in [0.2, 0.25) is 0 Å². The lowest BCUT2D eigenvalue weighted by Crippen LogP contribution is -2.12. The van der Waals surface area contributed by atoms with Crippen LogP contribution in [-0.4, -0.2) is 6.10 Å². The molecule has 1 aliphatic rings. The van der Waals surface area contributed by atoms with Crippen LogP contribution in [0, 0.1) is 28.6 Å². The topological polar surface area (TPSA) is 56.8 Å². The molecule has 0 radical (unpaired) electrons. The van der Waals surface area contributed by atoms with E-state index in [1.165, 1.54) is 6.08 Å². The van der Waals surface area contributed by atoms with Gasteiger partial charge in [-0.3, -0.25) is 0 Å². The van der Waals surface area contributed by atoms with Gasteiger partial charge < -0.3 is 4.74 Å². The second-order valence-corrected chi connectivity index (χ2v) is 8.35. The van der Waals surface area contributed by atoms with Gasteiger partial charge in [-0.15, -0.1) is 0 Å². The maximum atomic E-state index is 9.60. The number of rotatable bonds is 9. The minimum Gasteiger partial charge on any atom is -0.490 e. The summed E-state index contributed by atoms with van der Waals surface area (Å²) < 4.78 is 7.41. The molecular weight excluding hydrogens is 436 g/mol. The number of nitrogens with zero attached hydrogens (tertiary/aromatic N) is 2. The molecule has 30 heavy (non-hydrogen) atoms. The number of hydrogen-bond acceptors (Lipinski definition) is 3. The van der Waals surface area contributed by atoms with Crippen LogP contribution < -0.4 is 0 Å². The van der Waals surface area contributed by atoms with Crippen molar-refractivity contribution in [1.29, 1.82) is 10.5 Å². The van der Waals surface area contributed by atoms with Gasteiger partial charge in [-0.05, 0) is 74.5 Å². The zero-order valence-electron chi connectivity index (χ0n) is 18.6. The van der Waals surface area contributed by atoms with Crippen molar-refractivity contribution >= 4 is 15.9 Å². The Bertz CT molecular complexity index is 896. The number of allylic oxidation sites excluding steroid dienone is 13. The first-order valence-corrected chi connectivity index (χ1v) is 11.1. The molecule has 0 saturated carbocycles. The highest BCUT2D eigenvalue weighted by Gasteiger charge is 2.22. The first kappa shape index (κ1) is 25.5. The van der Waals surface area contributed by atoms with Crippen LogP contribution in [0.5, 0.6) is 0 Å². The molecule has 0 aromatic rings. The summed E-state index contributed by atoms with van der Waals surface area (Å²) in [6.07, 6.45) is 17.3. The van der Waals surface area contributed by atoms with E-state index in [-0.39, 0.29) is 6.10 Å². The molecule has 0 aromatic heterocycles. The minimum absolute atomic E-state index is 0.105. The molecule has 0 aromatic carbocycles. The Labute approximate surface area is 190 Å². The van der Waals surface area contributed by atoms with Crippen LogP contribution in [0.3, 0.4) is 0 Å². The van der Waals surface area contributed by atoms with Crippen molar-refractivity contribution in [3.05, 3.63) is 81.1 Å². The molecule has 0 amide bonds. The Balaban J connectivity index is 3.84. The van der Waals surface area contributed by atoms with Gasteiger partial charge in [-0.1, -0.05) is 48.0 Å². The number of nitriles is 2. The first-order chi connectivity index (χ1) is 14.4. The summed E-state index contributed by atoms with van der Waals surface area (Å²) in [6.45, 7) is 10.2. The third kappa shape index (κ3) is 8.05. The summed E-state index contributed by atoms with van der Waals surface area (Å²) in [4.78, 5) is 0. The van der Waals surface area contributed by atoms with Gasteiger partial charge >= 0.3 is 0 Å². The summed E-state index contributed by atoms with van der Waals surface area (Å²) in [5, 5.41) is 18.7. The van der Waals surface area contributed by atoms with Crippen molar-refractivity contribution in [2.24, 2.45) is 5.92 Å². The normalized spacial score (nSPS) is 17.4. The smallest absolute Gasteiger partial charge is 0.114 e. The van der Waals surface area contributed by atoms with Crippen LogP contribution in [0.4, 0.5) is 0 Å². The molecule has 1 atom stereocenters. The van der Waals surface area contributed by atoms with Crippen LogP contribution in [0.15, 0.2) is 81.1 Å².